The zero-order chi connectivity index (χ0) is 28.5. The van der Waals surface area contributed by atoms with Crippen LogP contribution in [0, 0.1) is 35.4 Å². The van der Waals surface area contributed by atoms with Crippen LogP contribution >= 0.6 is 0 Å². The van der Waals surface area contributed by atoms with Crippen LogP contribution in [0.2, 0.25) is 0 Å². The van der Waals surface area contributed by atoms with E-state index in [0.29, 0.717) is 54.5 Å². The molecule has 4 bridgehead atoms. The molecular formula is C33H35FN2O6. The number of nitrogens with one attached hydrogen (secondary N) is 1. The molecule has 6 fully saturated rings. The molecule has 1 saturated heterocycles. The van der Waals surface area contributed by atoms with Crippen LogP contribution in [0.4, 0.5) is 10.1 Å². The van der Waals surface area contributed by atoms with Crippen LogP contribution < -0.4 is 10.1 Å². The average Bonchev–Trinajstić information content (AvgIpc) is 3.01. The van der Waals surface area contributed by atoms with Crippen molar-refractivity contribution in [3.8, 4) is 16.9 Å². The van der Waals surface area contributed by atoms with E-state index in [1.165, 1.54) is 18.6 Å². The Morgan fingerprint density at radius 1 is 0.952 bits per heavy atom. The third-order valence-corrected chi connectivity index (χ3v) is 10.5. The summed E-state index contributed by atoms with van der Waals surface area (Å²) in [5, 5.41) is 3.91. The summed E-state index contributed by atoms with van der Waals surface area (Å²) in [6.45, 7) is 0. The van der Waals surface area contributed by atoms with E-state index in [1.807, 2.05) is 12.1 Å². The maximum atomic E-state index is 13.6. The Kier molecular flexibility index (Phi) is 6.30. The number of fused-ring (bicyclic) bond motifs is 1. The first-order valence-electron chi connectivity index (χ1n) is 15.2. The molecule has 0 unspecified atom stereocenters. The highest BCUT2D eigenvalue weighted by Crippen LogP contribution is 2.62. The summed E-state index contributed by atoms with van der Waals surface area (Å²) in [6.07, 6.45) is 9.63. The number of aromatic nitrogens is 1. The quantitative estimate of drug-likeness (QED) is 0.338. The van der Waals surface area contributed by atoms with E-state index in [2.05, 4.69) is 10.3 Å². The molecule has 1 aliphatic heterocycles. The minimum atomic E-state index is -0.981. The molecule has 2 aromatic carbocycles. The van der Waals surface area contributed by atoms with Crippen molar-refractivity contribution in [2.24, 2.45) is 29.6 Å². The number of rotatable bonds is 4. The Labute approximate surface area is 243 Å². The number of halogens is 1. The van der Waals surface area contributed by atoms with Crippen molar-refractivity contribution in [2.45, 2.75) is 69.4 Å². The number of nitrogens with zero attached hydrogens (tertiary/aromatic N) is 1. The smallest absolute Gasteiger partial charge is 0.239 e. The normalized spacial score (nSPS) is 35.1. The summed E-state index contributed by atoms with van der Waals surface area (Å²) in [5.41, 5.74) is 2.80. The lowest BCUT2D eigenvalue weighted by Gasteiger charge is -2.60. The van der Waals surface area contributed by atoms with Gasteiger partial charge in [0.2, 0.25) is 17.5 Å². The molecular weight excluding hydrogens is 539 g/mol. The van der Waals surface area contributed by atoms with Crippen molar-refractivity contribution in [1.82, 2.24) is 4.98 Å². The van der Waals surface area contributed by atoms with E-state index < -0.39 is 11.6 Å². The second-order valence-corrected chi connectivity index (χ2v) is 12.9. The molecule has 1 aromatic heterocycles. The molecule has 1 amide bonds. The summed E-state index contributed by atoms with van der Waals surface area (Å²) in [4.78, 5) is 42.5. The number of ether oxygens (including phenoxy) is 1. The van der Waals surface area contributed by atoms with Gasteiger partial charge in [-0.15, -0.1) is 0 Å². The first-order valence-corrected chi connectivity index (χ1v) is 15.2. The van der Waals surface area contributed by atoms with Gasteiger partial charge in [0.25, 0.3) is 0 Å². The van der Waals surface area contributed by atoms with Crippen LogP contribution in [0.3, 0.4) is 0 Å². The Bertz CT molecular complexity index is 1480. The van der Waals surface area contributed by atoms with Crippen molar-refractivity contribution in [3.05, 3.63) is 54.5 Å². The monoisotopic (exact) mass is 574 g/mol. The van der Waals surface area contributed by atoms with Gasteiger partial charge in [-0.2, -0.15) is 19.6 Å². The van der Waals surface area contributed by atoms with Gasteiger partial charge in [-0.3, -0.25) is 9.78 Å². The lowest BCUT2D eigenvalue weighted by atomic mass is 9.53. The standard InChI is InChI=1S/C33H35FN2O6/c1-38-28-18-27(30-26(3-2-12-35-30)29(28)21-4-6-25(34)7-5-21)36-31(37)22-8-10-32(11-9-22)39-41-33(42-40-32)23-14-19-13-20(16-23)17-24(33)15-19/h2-7,12,18-20,22-24H,8-11,13-17H2,1H3,(H,36,37). The molecule has 5 aliphatic carbocycles. The molecule has 9 heteroatoms. The fourth-order valence-corrected chi connectivity index (χ4v) is 8.54. The SMILES string of the molecule is COc1cc(NC(=O)C2CCC3(CC2)OOC2(OO3)C3CC4CC(C3)CC2C4)c2ncccc2c1-c1ccc(F)cc1. The zero-order valence-electron chi connectivity index (χ0n) is 23.6. The Hall–Kier alpha value is -3.11. The van der Waals surface area contributed by atoms with Crippen LogP contribution in [0.5, 0.6) is 5.75 Å². The summed E-state index contributed by atoms with van der Waals surface area (Å²) >= 11 is 0. The lowest BCUT2D eigenvalue weighted by molar-refractivity contribution is -0.680. The number of pyridine rings is 1. The predicted molar refractivity (Wildman–Crippen MR) is 151 cm³/mol. The molecule has 2 spiro atoms. The molecule has 220 valence electrons. The van der Waals surface area contributed by atoms with Crippen LogP contribution in [0.1, 0.15) is 57.8 Å². The number of hydrogen-bond acceptors (Lipinski definition) is 7. The molecule has 8 nitrogen and oxygen atoms in total. The molecule has 1 N–H and O–H groups in total. The predicted octanol–water partition coefficient (Wildman–Crippen LogP) is 6.94. The summed E-state index contributed by atoms with van der Waals surface area (Å²) in [6, 6.07) is 11.8. The highest BCUT2D eigenvalue weighted by Gasteiger charge is 2.64. The van der Waals surface area contributed by atoms with E-state index in [0.717, 1.165) is 54.0 Å². The van der Waals surface area contributed by atoms with Gasteiger partial charge >= 0.3 is 0 Å². The zero-order valence-corrected chi connectivity index (χ0v) is 23.6. The fraction of sp³-hybridized carbons (Fsp3) is 0.515. The second kappa shape index (κ2) is 9.98. The van der Waals surface area contributed by atoms with Crippen molar-refractivity contribution in [3.63, 3.8) is 0 Å². The first-order chi connectivity index (χ1) is 20.5. The number of hydrogen-bond donors (Lipinski definition) is 1. The highest BCUT2D eigenvalue weighted by atomic mass is 19.1. The second-order valence-electron chi connectivity index (χ2n) is 12.9. The van der Waals surface area contributed by atoms with E-state index in [4.69, 9.17) is 24.3 Å². The topological polar surface area (TPSA) is 88.1 Å². The molecule has 42 heavy (non-hydrogen) atoms. The van der Waals surface area contributed by atoms with Crippen LogP contribution in [-0.4, -0.2) is 29.6 Å². The third-order valence-electron chi connectivity index (χ3n) is 10.5. The number of anilines is 1. The van der Waals surface area contributed by atoms with E-state index in [1.54, 1.807) is 31.5 Å². The average molecular weight is 575 g/mol. The third kappa shape index (κ3) is 4.24. The molecule has 0 radical (unpaired) electrons. The van der Waals surface area contributed by atoms with E-state index in [-0.39, 0.29) is 17.6 Å². The van der Waals surface area contributed by atoms with Gasteiger partial charge in [-0.05, 0) is 80.5 Å². The fourth-order valence-electron chi connectivity index (χ4n) is 8.54. The van der Waals surface area contributed by atoms with Gasteiger partial charge in [0.15, 0.2) is 0 Å². The van der Waals surface area contributed by atoms with Crippen molar-refractivity contribution in [1.29, 1.82) is 0 Å². The molecule has 0 atom stereocenters. The number of carbonyl (C=O) groups is 1. The van der Waals surface area contributed by atoms with Gasteiger partial charge in [-0.1, -0.05) is 18.2 Å². The van der Waals surface area contributed by atoms with E-state index >= 15 is 0 Å². The molecule has 3 aromatic rings. The first kappa shape index (κ1) is 26.5. The number of amides is 1. The maximum Gasteiger partial charge on any atom is 0.239 e. The number of carbonyl (C=O) groups excluding carboxylic acids is 1. The lowest BCUT2D eigenvalue weighted by Crippen LogP contribution is -2.64. The molecule has 5 saturated carbocycles. The van der Waals surface area contributed by atoms with Crippen molar-refractivity contribution in [2.75, 3.05) is 12.4 Å². The Morgan fingerprint density at radius 3 is 2.26 bits per heavy atom. The Morgan fingerprint density at radius 2 is 1.62 bits per heavy atom. The van der Waals surface area contributed by atoms with Gasteiger partial charge in [0, 0.05) is 53.8 Å². The minimum Gasteiger partial charge on any atom is -0.496 e. The Balaban J connectivity index is 0.965. The molecule has 9 rings (SSSR count). The van der Waals surface area contributed by atoms with Gasteiger partial charge in [-0.25, -0.2) is 4.39 Å². The van der Waals surface area contributed by atoms with Gasteiger partial charge in [0.05, 0.1) is 18.3 Å². The molecule has 6 aliphatic rings. The summed E-state index contributed by atoms with van der Waals surface area (Å²) in [7, 11) is 1.58. The summed E-state index contributed by atoms with van der Waals surface area (Å²) < 4.78 is 19.4. The summed E-state index contributed by atoms with van der Waals surface area (Å²) in [5.74, 6) is 0.370. The largest absolute Gasteiger partial charge is 0.496 e. The molecule has 2 heterocycles. The van der Waals surface area contributed by atoms with Crippen molar-refractivity contribution >= 4 is 22.5 Å². The van der Waals surface area contributed by atoms with Crippen LogP contribution in [-0.2, 0) is 24.3 Å². The van der Waals surface area contributed by atoms with Crippen LogP contribution in [0.15, 0.2) is 48.7 Å². The minimum absolute atomic E-state index is 0.0939. The van der Waals surface area contributed by atoms with E-state index in [9.17, 15) is 9.18 Å². The van der Waals surface area contributed by atoms with Gasteiger partial charge < -0.3 is 10.1 Å². The number of methoxy groups -OCH3 is 1. The maximum absolute atomic E-state index is 13.6. The van der Waals surface area contributed by atoms with Crippen LogP contribution in [0.25, 0.3) is 22.0 Å². The highest BCUT2D eigenvalue weighted by molar-refractivity contribution is 6.08. The van der Waals surface area contributed by atoms with Crippen molar-refractivity contribution < 1.29 is 33.5 Å². The number of benzene rings is 2. The van der Waals surface area contributed by atoms with Gasteiger partial charge in [0.1, 0.15) is 11.6 Å².